The molecule has 31 heavy (non-hydrogen) atoms. The normalized spacial score (nSPS) is 18.0. The van der Waals surface area contributed by atoms with Crippen molar-refractivity contribution < 1.29 is 19.0 Å². The Morgan fingerprint density at radius 1 is 0.968 bits per heavy atom. The summed E-state index contributed by atoms with van der Waals surface area (Å²) in [5.41, 5.74) is 3.07. The molecule has 0 saturated carbocycles. The molecule has 3 aliphatic heterocycles. The molecule has 0 aliphatic carbocycles. The fourth-order valence-corrected chi connectivity index (χ4v) is 4.15. The third kappa shape index (κ3) is 4.55. The molecule has 2 aromatic rings. The predicted octanol–water partition coefficient (Wildman–Crippen LogP) is 3.75. The first-order chi connectivity index (χ1) is 15.1. The van der Waals surface area contributed by atoms with E-state index in [0.29, 0.717) is 24.7 Å². The summed E-state index contributed by atoms with van der Waals surface area (Å²) < 4.78 is 16.6. The van der Waals surface area contributed by atoms with Gasteiger partial charge >= 0.3 is 0 Å². The van der Waals surface area contributed by atoms with Crippen LogP contribution in [0.3, 0.4) is 0 Å². The van der Waals surface area contributed by atoms with Gasteiger partial charge in [-0.15, -0.1) is 0 Å². The Balaban J connectivity index is 1.14. The maximum Gasteiger partial charge on any atom is 0.246 e. The summed E-state index contributed by atoms with van der Waals surface area (Å²) in [6.07, 6.45) is 5.49. The van der Waals surface area contributed by atoms with Gasteiger partial charge in [0, 0.05) is 49.4 Å². The highest BCUT2D eigenvalue weighted by Gasteiger charge is 2.21. The Kier molecular flexibility index (Phi) is 5.57. The maximum atomic E-state index is 12.6. The SMILES string of the molecule is O=C(/C=C\C1=Cc2cc(Cl)ccc2OC1)N1CCN(Cc2ccc3c(c2)OCO3)CC1. The van der Waals surface area contributed by atoms with Gasteiger partial charge in [-0.2, -0.15) is 0 Å². The molecule has 5 rings (SSSR count). The number of benzene rings is 2. The second kappa shape index (κ2) is 8.65. The van der Waals surface area contributed by atoms with Gasteiger partial charge in [0.2, 0.25) is 12.7 Å². The molecule has 0 N–H and O–H groups in total. The van der Waals surface area contributed by atoms with Gasteiger partial charge in [-0.1, -0.05) is 23.7 Å². The molecular weight excluding hydrogens is 416 g/mol. The number of fused-ring (bicyclic) bond motifs is 2. The van der Waals surface area contributed by atoms with Crippen LogP contribution in [0.1, 0.15) is 11.1 Å². The highest BCUT2D eigenvalue weighted by Crippen LogP contribution is 2.33. The molecule has 3 aliphatic rings. The maximum absolute atomic E-state index is 12.6. The second-order valence-electron chi connectivity index (χ2n) is 7.81. The summed E-state index contributed by atoms with van der Waals surface area (Å²) in [4.78, 5) is 16.9. The highest BCUT2D eigenvalue weighted by molar-refractivity contribution is 6.30. The van der Waals surface area contributed by atoms with Crippen molar-refractivity contribution in [1.82, 2.24) is 9.80 Å². The zero-order valence-corrected chi connectivity index (χ0v) is 17.8. The van der Waals surface area contributed by atoms with Crippen molar-refractivity contribution in [3.63, 3.8) is 0 Å². The lowest BCUT2D eigenvalue weighted by molar-refractivity contribution is -0.127. The lowest BCUT2D eigenvalue weighted by Crippen LogP contribution is -2.47. The molecule has 6 nitrogen and oxygen atoms in total. The minimum absolute atomic E-state index is 0.0283. The zero-order chi connectivity index (χ0) is 21.2. The summed E-state index contributed by atoms with van der Waals surface area (Å²) in [5, 5.41) is 0.665. The van der Waals surface area contributed by atoms with Gasteiger partial charge in [0.25, 0.3) is 0 Å². The number of hydrogen-bond donors (Lipinski definition) is 0. The smallest absolute Gasteiger partial charge is 0.246 e. The van der Waals surface area contributed by atoms with E-state index in [9.17, 15) is 4.79 Å². The number of hydrogen-bond acceptors (Lipinski definition) is 5. The molecule has 160 valence electrons. The van der Waals surface area contributed by atoms with Crippen LogP contribution >= 0.6 is 11.6 Å². The quantitative estimate of drug-likeness (QED) is 0.680. The van der Waals surface area contributed by atoms with Crippen molar-refractivity contribution >= 4 is 23.6 Å². The van der Waals surface area contributed by atoms with E-state index < -0.39 is 0 Å². The van der Waals surface area contributed by atoms with Crippen LogP contribution in [-0.4, -0.2) is 55.3 Å². The van der Waals surface area contributed by atoms with E-state index in [1.165, 1.54) is 5.56 Å². The van der Waals surface area contributed by atoms with E-state index >= 15 is 0 Å². The van der Waals surface area contributed by atoms with E-state index in [1.807, 2.05) is 47.4 Å². The van der Waals surface area contributed by atoms with Gasteiger partial charge in [0.15, 0.2) is 11.5 Å². The van der Waals surface area contributed by atoms with Crippen LogP contribution in [0, 0.1) is 0 Å². The first-order valence-corrected chi connectivity index (χ1v) is 10.7. The molecule has 7 heteroatoms. The van der Waals surface area contributed by atoms with E-state index in [1.54, 1.807) is 6.08 Å². The third-order valence-corrected chi connectivity index (χ3v) is 5.91. The Hall–Kier alpha value is -2.96. The molecule has 0 radical (unpaired) electrons. The largest absolute Gasteiger partial charge is 0.488 e. The molecule has 2 aromatic carbocycles. The molecule has 0 atom stereocenters. The number of nitrogens with zero attached hydrogens (tertiary/aromatic N) is 2. The third-order valence-electron chi connectivity index (χ3n) is 5.67. The summed E-state index contributed by atoms with van der Waals surface area (Å²) in [6.45, 7) is 4.67. The topological polar surface area (TPSA) is 51.2 Å². The molecule has 0 spiro atoms. The van der Waals surface area contributed by atoms with Crippen molar-refractivity contribution in [3.05, 3.63) is 70.3 Å². The number of ether oxygens (including phenoxy) is 3. The number of halogens is 1. The van der Waals surface area contributed by atoms with Crippen molar-refractivity contribution in [2.75, 3.05) is 39.6 Å². The van der Waals surface area contributed by atoms with Crippen molar-refractivity contribution in [1.29, 1.82) is 0 Å². The minimum atomic E-state index is 0.0283. The fourth-order valence-electron chi connectivity index (χ4n) is 3.97. The van der Waals surface area contributed by atoms with E-state index in [-0.39, 0.29) is 12.7 Å². The van der Waals surface area contributed by atoms with Crippen LogP contribution < -0.4 is 14.2 Å². The Labute approximate surface area is 186 Å². The highest BCUT2D eigenvalue weighted by atomic mass is 35.5. The van der Waals surface area contributed by atoms with E-state index in [2.05, 4.69) is 11.0 Å². The fraction of sp³-hybridized carbons (Fsp3) is 0.292. The lowest BCUT2D eigenvalue weighted by atomic mass is 10.1. The number of amides is 1. The van der Waals surface area contributed by atoms with Gasteiger partial charge in [-0.25, -0.2) is 0 Å². The Morgan fingerprint density at radius 2 is 1.77 bits per heavy atom. The number of carbonyl (C=O) groups excluding carboxylic acids is 1. The summed E-state index contributed by atoms with van der Waals surface area (Å²) in [7, 11) is 0. The average Bonchev–Trinajstić information content (AvgIpc) is 3.25. The molecule has 1 fully saturated rings. The second-order valence-corrected chi connectivity index (χ2v) is 8.25. The molecule has 0 aromatic heterocycles. The summed E-state index contributed by atoms with van der Waals surface area (Å²) >= 11 is 6.06. The van der Waals surface area contributed by atoms with Crippen LogP contribution in [0.4, 0.5) is 0 Å². The summed E-state index contributed by atoms with van der Waals surface area (Å²) in [6, 6.07) is 11.6. The molecule has 3 heterocycles. The van der Waals surface area contributed by atoms with E-state index in [0.717, 1.165) is 48.0 Å². The predicted molar refractivity (Wildman–Crippen MR) is 118 cm³/mol. The number of rotatable bonds is 4. The van der Waals surface area contributed by atoms with E-state index in [4.69, 9.17) is 25.8 Å². The lowest BCUT2D eigenvalue weighted by Gasteiger charge is -2.34. The zero-order valence-electron chi connectivity index (χ0n) is 17.1. The average molecular weight is 439 g/mol. The Bertz CT molecular complexity index is 1060. The molecule has 1 saturated heterocycles. The van der Waals surface area contributed by atoms with Gasteiger partial charge in [0.05, 0.1) is 0 Å². The van der Waals surface area contributed by atoms with Crippen molar-refractivity contribution in [2.45, 2.75) is 6.54 Å². The van der Waals surface area contributed by atoms with Gasteiger partial charge < -0.3 is 19.1 Å². The van der Waals surface area contributed by atoms with Gasteiger partial charge in [-0.3, -0.25) is 9.69 Å². The van der Waals surface area contributed by atoms with Crippen LogP contribution in [0.15, 0.2) is 54.1 Å². The van der Waals surface area contributed by atoms with Crippen LogP contribution in [-0.2, 0) is 11.3 Å². The minimum Gasteiger partial charge on any atom is -0.488 e. The van der Waals surface area contributed by atoms with Gasteiger partial charge in [-0.05, 0) is 47.5 Å². The standard InChI is InChI=1S/C24H23ClN2O4/c25-20-3-5-21-19(13-20)11-18(15-29-21)2-6-24(28)27-9-7-26(8-10-27)14-17-1-4-22-23(12-17)31-16-30-22/h1-6,11-13H,7-10,14-16H2/b6-2-. The van der Waals surface area contributed by atoms with Crippen LogP contribution in [0.2, 0.25) is 5.02 Å². The first-order valence-electron chi connectivity index (χ1n) is 10.3. The molecule has 1 amide bonds. The number of piperazine rings is 1. The molecular formula is C24H23ClN2O4. The molecule has 0 unspecified atom stereocenters. The summed E-state index contributed by atoms with van der Waals surface area (Å²) in [5.74, 6) is 2.45. The van der Waals surface area contributed by atoms with Crippen LogP contribution in [0.25, 0.3) is 6.08 Å². The van der Waals surface area contributed by atoms with Gasteiger partial charge in [0.1, 0.15) is 12.4 Å². The number of carbonyl (C=O) groups is 1. The van der Waals surface area contributed by atoms with Crippen molar-refractivity contribution in [3.8, 4) is 17.2 Å². The first kappa shape index (κ1) is 20.0. The van der Waals surface area contributed by atoms with Crippen LogP contribution in [0.5, 0.6) is 17.2 Å². The molecule has 0 bridgehead atoms. The van der Waals surface area contributed by atoms with Crippen molar-refractivity contribution in [2.24, 2.45) is 0 Å². The Morgan fingerprint density at radius 3 is 2.65 bits per heavy atom. The monoisotopic (exact) mass is 438 g/mol.